The predicted molar refractivity (Wildman–Crippen MR) is 74.2 cm³/mol. The molecule has 1 heterocycles. The lowest BCUT2D eigenvalue weighted by Crippen LogP contribution is -2.20. The Morgan fingerprint density at radius 2 is 1.94 bits per heavy atom. The number of aliphatic carboxylic acids is 1. The van der Waals surface area contributed by atoms with Crippen LogP contribution in [0.4, 0.5) is 5.69 Å². The standard InChI is InChI=1S/C14H15NO2S/c1-9-5-3-4-6-11(9)15-12(14(16)17)13-10(2)7-8-18-13/h3-8,12,15H,1-2H3,(H,16,17). The van der Waals surface area contributed by atoms with E-state index in [2.05, 4.69) is 5.32 Å². The molecule has 0 spiro atoms. The molecule has 0 saturated carbocycles. The fraction of sp³-hybridized carbons (Fsp3) is 0.214. The minimum absolute atomic E-state index is 0.689. The number of thiophene rings is 1. The minimum atomic E-state index is -0.858. The Morgan fingerprint density at radius 3 is 2.50 bits per heavy atom. The van der Waals surface area contributed by atoms with Gasteiger partial charge in [-0.15, -0.1) is 11.3 Å². The molecule has 0 aliphatic heterocycles. The lowest BCUT2D eigenvalue weighted by atomic mass is 10.1. The predicted octanol–water partition coefficient (Wildman–Crippen LogP) is 3.60. The van der Waals surface area contributed by atoms with Crippen molar-refractivity contribution in [1.82, 2.24) is 0 Å². The fourth-order valence-corrected chi connectivity index (χ4v) is 2.78. The summed E-state index contributed by atoms with van der Waals surface area (Å²) >= 11 is 1.47. The van der Waals surface area contributed by atoms with Crippen LogP contribution in [0.3, 0.4) is 0 Å². The van der Waals surface area contributed by atoms with E-state index in [1.54, 1.807) is 0 Å². The van der Waals surface area contributed by atoms with Crippen LogP contribution in [0.25, 0.3) is 0 Å². The molecule has 3 nitrogen and oxygen atoms in total. The molecule has 2 rings (SSSR count). The number of benzene rings is 1. The van der Waals surface area contributed by atoms with E-state index in [1.807, 2.05) is 49.6 Å². The molecule has 1 unspecified atom stereocenters. The minimum Gasteiger partial charge on any atom is -0.479 e. The van der Waals surface area contributed by atoms with Gasteiger partial charge in [-0.2, -0.15) is 0 Å². The first kappa shape index (κ1) is 12.6. The summed E-state index contributed by atoms with van der Waals surface area (Å²) in [6, 6.07) is 8.94. The van der Waals surface area contributed by atoms with Crippen molar-refractivity contribution < 1.29 is 9.90 Å². The van der Waals surface area contributed by atoms with Gasteiger partial charge in [-0.05, 0) is 42.5 Å². The van der Waals surface area contributed by atoms with Crippen LogP contribution in [0, 0.1) is 13.8 Å². The molecule has 0 saturated heterocycles. The van der Waals surface area contributed by atoms with Crippen molar-refractivity contribution in [3.05, 3.63) is 51.7 Å². The van der Waals surface area contributed by atoms with Gasteiger partial charge < -0.3 is 10.4 Å². The first-order chi connectivity index (χ1) is 8.59. The number of anilines is 1. The molecule has 94 valence electrons. The van der Waals surface area contributed by atoms with Crippen LogP contribution >= 0.6 is 11.3 Å². The van der Waals surface area contributed by atoms with Gasteiger partial charge in [0.25, 0.3) is 0 Å². The molecule has 0 aliphatic carbocycles. The molecule has 18 heavy (non-hydrogen) atoms. The summed E-state index contributed by atoms with van der Waals surface area (Å²) in [6.45, 7) is 3.89. The van der Waals surface area contributed by atoms with Crippen molar-refractivity contribution in [3.8, 4) is 0 Å². The van der Waals surface area contributed by atoms with Crippen LogP contribution in [0.5, 0.6) is 0 Å². The molecule has 1 atom stereocenters. The SMILES string of the molecule is Cc1ccccc1NC(C(=O)O)c1sccc1C. The van der Waals surface area contributed by atoms with Gasteiger partial charge in [0.2, 0.25) is 0 Å². The summed E-state index contributed by atoms with van der Waals surface area (Å²) in [5.41, 5.74) is 2.91. The Balaban J connectivity index is 2.31. The second-order valence-corrected chi connectivity index (χ2v) is 5.15. The van der Waals surface area contributed by atoms with E-state index < -0.39 is 12.0 Å². The van der Waals surface area contributed by atoms with Gasteiger partial charge in [-0.3, -0.25) is 0 Å². The largest absolute Gasteiger partial charge is 0.479 e. The third kappa shape index (κ3) is 2.54. The van der Waals surface area contributed by atoms with Crippen LogP contribution in [0.15, 0.2) is 35.7 Å². The van der Waals surface area contributed by atoms with Crippen molar-refractivity contribution in [3.63, 3.8) is 0 Å². The second kappa shape index (κ2) is 5.23. The van der Waals surface area contributed by atoms with Crippen molar-refractivity contribution in [2.45, 2.75) is 19.9 Å². The highest BCUT2D eigenvalue weighted by atomic mass is 32.1. The Kier molecular flexibility index (Phi) is 3.67. The topological polar surface area (TPSA) is 49.3 Å². The average Bonchev–Trinajstić information content (AvgIpc) is 2.74. The second-order valence-electron chi connectivity index (χ2n) is 4.20. The molecular formula is C14H15NO2S. The zero-order valence-corrected chi connectivity index (χ0v) is 11.1. The van der Waals surface area contributed by atoms with E-state index in [-0.39, 0.29) is 0 Å². The van der Waals surface area contributed by atoms with Crippen LogP contribution in [0.1, 0.15) is 22.0 Å². The van der Waals surface area contributed by atoms with Crippen LogP contribution in [0.2, 0.25) is 0 Å². The van der Waals surface area contributed by atoms with Gasteiger partial charge in [0, 0.05) is 10.6 Å². The first-order valence-electron chi connectivity index (χ1n) is 5.68. The molecule has 0 aliphatic rings. The fourth-order valence-electron chi connectivity index (χ4n) is 1.81. The van der Waals surface area contributed by atoms with Gasteiger partial charge >= 0.3 is 5.97 Å². The smallest absolute Gasteiger partial charge is 0.331 e. The molecule has 1 aromatic heterocycles. The number of para-hydroxylation sites is 1. The number of carboxylic acid groups (broad SMARTS) is 1. The average molecular weight is 261 g/mol. The molecule has 0 radical (unpaired) electrons. The van der Waals surface area contributed by atoms with Gasteiger partial charge in [0.05, 0.1) is 0 Å². The van der Waals surface area contributed by atoms with Crippen molar-refractivity contribution in [2.24, 2.45) is 0 Å². The van der Waals surface area contributed by atoms with Crippen molar-refractivity contribution >= 4 is 23.0 Å². The number of carbonyl (C=O) groups is 1. The summed E-state index contributed by atoms with van der Waals surface area (Å²) in [5.74, 6) is -0.858. The summed E-state index contributed by atoms with van der Waals surface area (Å²) < 4.78 is 0. The summed E-state index contributed by atoms with van der Waals surface area (Å²) in [6.07, 6.45) is 0. The van der Waals surface area contributed by atoms with E-state index in [9.17, 15) is 9.90 Å². The number of hydrogen-bond acceptors (Lipinski definition) is 3. The Bertz CT molecular complexity index is 562. The maximum absolute atomic E-state index is 11.4. The van der Waals surface area contributed by atoms with E-state index >= 15 is 0 Å². The molecule has 0 amide bonds. The third-order valence-electron chi connectivity index (χ3n) is 2.86. The highest BCUT2D eigenvalue weighted by Gasteiger charge is 2.22. The Hall–Kier alpha value is -1.81. The molecule has 1 aromatic carbocycles. The normalized spacial score (nSPS) is 12.1. The number of nitrogens with one attached hydrogen (secondary N) is 1. The maximum Gasteiger partial charge on any atom is 0.331 e. The van der Waals surface area contributed by atoms with Crippen LogP contribution in [-0.4, -0.2) is 11.1 Å². The molecule has 2 N–H and O–H groups in total. The van der Waals surface area contributed by atoms with E-state index in [1.165, 1.54) is 11.3 Å². The molecule has 0 bridgehead atoms. The van der Waals surface area contributed by atoms with Gasteiger partial charge in [0.1, 0.15) is 0 Å². The summed E-state index contributed by atoms with van der Waals surface area (Å²) in [7, 11) is 0. The van der Waals surface area contributed by atoms with Crippen LogP contribution in [-0.2, 0) is 4.79 Å². The maximum atomic E-state index is 11.4. The molecule has 2 aromatic rings. The zero-order valence-electron chi connectivity index (χ0n) is 10.3. The Labute approximate surface area is 110 Å². The number of carboxylic acids is 1. The van der Waals surface area contributed by atoms with Gasteiger partial charge in [-0.1, -0.05) is 18.2 Å². The monoisotopic (exact) mass is 261 g/mol. The van der Waals surface area contributed by atoms with E-state index in [4.69, 9.17) is 0 Å². The number of hydrogen-bond donors (Lipinski definition) is 2. The lowest BCUT2D eigenvalue weighted by molar-refractivity contribution is -0.138. The molecule has 0 fully saturated rings. The van der Waals surface area contributed by atoms with E-state index in [0.717, 1.165) is 21.7 Å². The molecule has 4 heteroatoms. The zero-order chi connectivity index (χ0) is 13.1. The Morgan fingerprint density at radius 1 is 1.22 bits per heavy atom. The summed E-state index contributed by atoms with van der Waals surface area (Å²) in [4.78, 5) is 12.3. The summed E-state index contributed by atoms with van der Waals surface area (Å²) in [5, 5.41) is 14.4. The number of rotatable bonds is 4. The van der Waals surface area contributed by atoms with E-state index in [0.29, 0.717) is 0 Å². The van der Waals surface area contributed by atoms with Crippen molar-refractivity contribution in [2.75, 3.05) is 5.32 Å². The highest BCUT2D eigenvalue weighted by Crippen LogP contribution is 2.28. The molecular weight excluding hydrogens is 246 g/mol. The number of aryl methyl sites for hydroxylation is 2. The third-order valence-corrected chi connectivity index (χ3v) is 3.94. The lowest BCUT2D eigenvalue weighted by Gasteiger charge is -2.17. The van der Waals surface area contributed by atoms with Gasteiger partial charge in [-0.25, -0.2) is 4.79 Å². The van der Waals surface area contributed by atoms with Gasteiger partial charge in [0.15, 0.2) is 6.04 Å². The highest BCUT2D eigenvalue weighted by molar-refractivity contribution is 7.10. The quantitative estimate of drug-likeness (QED) is 0.884. The first-order valence-corrected chi connectivity index (χ1v) is 6.56. The van der Waals surface area contributed by atoms with Crippen LogP contribution < -0.4 is 5.32 Å². The van der Waals surface area contributed by atoms with Crippen molar-refractivity contribution in [1.29, 1.82) is 0 Å².